The number of pyridine rings is 1. The highest BCUT2D eigenvalue weighted by molar-refractivity contribution is 5.51. The van der Waals surface area contributed by atoms with Gasteiger partial charge in [0, 0.05) is 43.5 Å². The van der Waals surface area contributed by atoms with E-state index in [0.29, 0.717) is 6.04 Å². The largest absolute Gasteiger partial charge is 0.496 e. The van der Waals surface area contributed by atoms with E-state index < -0.39 is 0 Å². The lowest BCUT2D eigenvalue weighted by Crippen LogP contribution is -2.40. The first-order valence-corrected chi connectivity index (χ1v) is 10.1. The van der Waals surface area contributed by atoms with Gasteiger partial charge in [-0.15, -0.1) is 0 Å². The summed E-state index contributed by atoms with van der Waals surface area (Å²) in [6.45, 7) is 7.44. The molecule has 2 aromatic rings. The van der Waals surface area contributed by atoms with Gasteiger partial charge in [-0.05, 0) is 44.1 Å². The van der Waals surface area contributed by atoms with Crippen LogP contribution in [-0.2, 0) is 13.1 Å². The molecule has 3 heterocycles. The van der Waals surface area contributed by atoms with Gasteiger partial charge in [-0.25, -0.2) is 0 Å². The molecule has 2 aliphatic rings. The first-order valence-electron chi connectivity index (χ1n) is 10.1. The molecule has 0 amide bonds. The molecule has 6 heteroatoms. The van der Waals surface area contributed by atoms with Crippen molar-refractivity contribution in [1.82, 2.24) is 14.8 Å². The number of hydrogen-bond acceptors (Lipinski definition) is 6. The van der Waals surface area contributed by atoms with Crippen molar-refractivity contribution in [3.8, 4) is 17.2 Å². The van der Waals surface area contributed by atoms with Crippen molar-refractivity contribution in [2.24, 2.45) is 0 Å². The van der Waals surface area contributed by atoms with Crippen molar-refractivity contribution in [2.45, 2.75) is 38.9 Å². The number of methoxy groups -OCH3 is 1. The van der Waals surface area contributed by atoms with Crippen molar-refractivity contribution in [3.63, 3.8) is 0 Å². The number of aromatic nitrogens is 1. The second-order valence-corrected chi connectivity index (χ2v) is 7.43. The number of likely N-dealkylation sites (tertiary alicyclic amines) is 1. The van der Waals surface area contributed by atoms with Gasteiger partial charge in [0.2, 0.25) is 6.79 Å². The molecule has 0 spiro atoms. The second kappa shape index (κ2) is 8.80. The normalized spacial score (nSPS) is 18.8. The number of ether oxygens (including phenoxy) is 3. The minimum Gasteiger partial charge on any atom is -0.496 e. The SMILES string of the molecule is CCN1CCCC1CN(Cc1ccccn1)Cc1cc2c(cc1OC)OCO2. The van der Waals surface area contributed by atoms with Crippen molar-refractivity contribution >= 4 is 0 Å². The van der Waals surface area contributed by atoms with Crippen LogP contribution in [0.25, 0.3) is 0 Å². The van der Waals surface area contributed by atoms with Crippen LogP contribution in [0.1, 0.15) is 31.0 Å². The van der Waals surface area contributed by atoms with Gasteiger partial charge >= 0.3 is 0 Å². The highest BCUT2D eigenvalue weighted by atomic mass is 16.7. The minimum atomic E-state index is 0.271. The van der Waals surface area contributed by atoms with Crippen molar-refractivity contribution in [3.05, 3.63) is 47.8 Å². The lowest BCUT2D eigenvalue weighted by molar-refractivity contribution is 0.163. The third kappa shape index (κ3) is 4.23. The fourth-order valence-corrected chi connectivity index (χ4v) is 4.24. The zero-order valence-corrected chi connectivity index (χ0v) is 16.8. The van der Waals surface area contributed by atoms with Crippen LogP contribution in [0.3, 0.4) is 0 Å². The minimum absolute atomic E-state index is 0.271. The fraction of sp³-hybridized carbons (Fsp3) is 0.500. The summed E-state index contributed by atoms with van der Waals surface area (Å²) in [6, 6.07) is 10.7. The van der Waals surface area contributed by atoms with Crippen LogP contribution in [0.2, 0.25) is 0 Å². The molecule has 4 rings (SSSR count). The molecule has 6 nitrogen and oxygen atoms in total. The van der Waals surface area contributed by atoms with E-state index in [1.54, 1.807) is 7.11 Å². The standard InChI is InChI=1S/C22H29N3O3/c1-3-25-10-6-8-19(25)15-24(14-18-7-4-5-9-23-18)13-17-11-21-22(28-16-27-21)12-20(17)26-2/h4-5,7,9,11-12,19H,3,6,8,10,13-16H2,1-2H3. The van der Waals surface area contributed by atoms with E-state index in [1.807, 2.05) is 18.3 Å². The summed E-state index contributed by atoms with van der Waals surface area (Å²) in [5.74, 6) is 2.39. The van der Waals surface area contributed by atoms with Gasteiger partial charge in [0.05, 0.1) is 12.8 Å². The van der Waals surface area contributed by atoms with Crippen LogP contribution >= 0.6 is 0 Å². The first kappa shape index (κ1) is 19.0. The number of rotatable bonds is 8. The number of nitrogens with zero attached hydrogens (tertiary/aromatic N) is 3. The summed E-state index contributed by atoms with van der Waals surface area (Å²) in [5, 5.41) is 0. The third-order valence-corrected chi connectivity index (χ3v) is 5.66. The summed E-state index contributed by atoms with van der Waals surface area (Å²) in [5.41, 5.74) is 2.20. The van der Waals surface area contributed by atoms with Crippen LogP contribution in [0.4, 0.5) is 0 Å². The third-order valence-electron chi connectivity index (χ3n) is 5.66. The zero-order valence-electron chi connectivity index (χ0n) is 16.8. The molecule has 1 fully saturated rings. The quantitative estimate of drug-likeness (QED) is 0.697. The Bertz CT molecular complexity index is 784. The Hall–Kier alpha value is -2.31. The van der Waals surface area contributed by atoms with Crippen LogP contribution in [0.5, 0.6) is 17.2 Å². The van der Waals surface area contributed by atoms with Crippen LogP contribution < -0.4 is 14.2 Å². The van der Waals surface area contributed by atoms with Crippen molar-refractivity contribution in [1.29, 1.82) is 0 Å². The van der Waals surface area contributed by atoms with E-state index in [1.165, 1.54) is 19.4 Å². The molecule has 150 valence electrons. The zero-order chi connectivity index (χ0) is 19.3. The molecule has 0 aliphatic carbocycles. The lowest BCUT2D eigenvalue weighted by atomic mass is 10.1. The Balaban J connectivity index is 1.56. The van der Waals surface area contributed by atoms with Crippen LogP contribution in [0.15, 0.2) is 36.5 Å². The summed E-state index contributed by atoms with van der Waals surface area (Å²) in [4.78, 5) is 9.60. The summed E-state index contributed by atoms with van der Waals surface area (Å²) in [6.07, 6.45) is 4.40. The second-order valence-electron chi connectivity index (χ2n) is 7.43. The summed E-state index contributed by atoms with van der Waals surface area (Å²) in [7, 11) is 1.71. The van der Waals surface area contributed by atoms with Crippen LogP contribution in [-0.4, -0.2) is 54.4 Å². The molecule has 1 atom stereocenters. The Morgan fingerprint density at radius 2 is 2.07 bits per heavy atom. The fourth-order valence-electron chi connectivity index (χ4n) is 4.24. The Kier molecular flexibility index (Phi) is 5.98. The Labute approximate surface area is 167 Å². The molecule has 1 unspecified atom stereocenters. The summed E-state index contributed by atoms with van der Waals surface area (Å²) < 4.78 is 16.7. The maximum absolute atomic E-state index is 5.65. The average Bonchev–Trinajstić information content (AvgIpc) is 3.36. The number of fused-ring (bicyclic) bond motifs is 1. The molecular formula is C22H29N3O3. The van der Waals surface area contributed by atoms with E-state index in [4.69, 9.17) is 14.2 Å². The molecule has 0 N–H and O–H groups in total. The predicted octanol–water partition coefficient (Wildman–Crippen LogP) is 3.31. The van der Waals surface area contributed by atoms with E-state index in [-0.39, 0.29) is 6.79 Å². The number of hydrogen-bond donors (Lipinski definition) is 0. The van der Waals surface area contributed by atoms with E-state index in [9.17, 15) is 0 Å². The summed E-state index contributed by atoms with van der Waals surface area (Å²) >= 11 is 0. The van der Waals surface area contributed by atoms with Crippen molar-refractivity contribution in [2.75, 3.05) is 33.5 Å². The molecule has 1 saturated heterocycles. The van der Waals surface area contributed by atoms with Crippen molar-refractivity contribution < 1.29 is 14.2 Å². The molecule has 0 radical (unpaired) electrons. The van der Waals surface area contributed by atoms with Gasteiger partial charge in [-0.1, -0.05) is 13.0 Å². The Morgan fingerprint density at radius 3 is 2.82 bits per heavy atom. The topological polar surface area (TPSA) is 47.1 Å². The van der Waals surface area contributed by atoms with Gasteiger partial charge in [0.25, 0.3) is 0 Å². The molecule has 2 aliphatic heterocycles. The van der Waals surface area contributed by atoms with Gasteiger partial charge in [0.15, 0.2) is 11.5 Å². The van der Waals surface area contributed by atoms with E-state index in [0.717, 1.165) is 54.7 Å². The average molecular weight is 383 g/mol. The Morgan fingerprint density at radius 1 is 1.21 bits per heavy atom. The van der Waals surface area contributed by atoms with Gasteiger partial charge in [0.1, 0.15) is 5.75 Å². The predicted molar refractivity (Wildman–Crippen MR) is 108 cm³/mol. The van der Waals surface area contributed by atoms with Gasteiger partial charge < -0.3 is 14.2 Å². The molecular weight excluding hydrogens is 354 g/mol. The highest BCUT2D eigenvalue weighted by Crippen LogP contribution is 2.38. The molecule has 1 aromatic carbocycles. The maximum atomic E-state index is 5.65. The lowest BCUT2D eigenvalue weighted by Gasteiger charge is -2.30. The maximum Gasteiger partial charge on any atom is 0.231 e. The number of likely N-dealkylation sites (N-methyl/N-ethyl adjacent to an activating group) is 1. The highest BCUT2D eigenvalue weighted by Gasteiger charge is 2.26. The van der Waals surface area contributed by atoms with Gasteiger partial charge in [-0.2, -0.15) is 0 Å². The monoisotopic (exact) mass is 383 g/mol. The molecule has 28 heavy (non-hydrogen) atoms. The van der Waals surface area contributed by atoms with E-state index in [2.05, 4.69) is 39.9 Å². The van der Waals surface area contributed by atoms with E-state index >= 15 is 0 Å². The van der Waals surface area contributed by atoms with Crippen LogP contribution in [0, 0.1) is 0 Å². The molecule has 0 saturated carbocycles. The number of benzene rings is 1. The smallest absolute Gasteiger partial charge is 0.231 e. The molecule has 0 bridgehead atoms. The molecule has 1 aromatic heterocycles. The van der Waals surface area contributed by atoms with Gasteiger partial charge in [-0.3, -0.25) is 14.8 Å². The first-order chi connectivity index (χ1) is 13.8.